The highest BCUT2D eigenvalue weighted by molar-refractivity contribution is 6.07. The molecule has 2 aromatic carbocycles. The summed E-state index contributed by atoms with van der Waals surface area (Å²) in [6.45, 7) is 1.83. The maximum atomic E-state index is 12.5. The van der Waals surface area contributed by atoms with E-state index in [2.05, 4.69) is 16.6 Å². The highest BCUT2D eigenvalue weighted by Crippen LogP contribution is 2.28. The van der Waals surface area contributed by atoms with E-state index in [1.165, 1.54) is 0 Å². The van der Waals surface area contributed by atoms with Crippen molar-refractivity contribution in [3.8, 4) is 23.0 Å². The summed E-state index contributed by atoms with van der Waals surface area (Å²) in [6.07, 6.45) is 0. The van der Waals surface area contributed by atoms with Crippen LogP contribution in [0, 0.1) is 18.3 Å². The predicted octanol–water partition coefficient (Wildman–Crippen LogP) is 2.87. The molecule has 4 rings (SSSR count). The van der Waals surface area contributed by atoms with Crippen molar-refractivity contribution in [2.75, 3.05) is 0 Å². The Morgan fingerprint density at radius 3 is 2.50 bits per heavy atom. The van der Waals surface area contributed by atoms with Crippen molar-refractivity contribution in [1.82, 2.24) is 20.2 Å². The zero-order valence-corrected chi connectivity index (χ0v) is 15.0. The third-order valence-corrected chi connectivity index (χ3v) is 4.50. The second-order valence-corrected chi connectivity index (χ2v) is 6.25. The van der Waals surface area contributed by atoms with Gasteiger partial charge in [-0.05, 0) is 37.3 Å². The van der Waals surface area contributed by atoms with Crippen LogP contribution < -0.4 is 11.3 Å². The van der Waals surface area contributed by atoms with Crippen LogP contribution in [0.15, 0.2) is 60.7 Å². The molecule has 0 saturated carbocycles. The van der Waals surface area contributed by atoms with E-state index in [-0.39, 0.29) is 0 Å². The van der Waals surface area contributed by atoms with E-state index < -0.39 is 5.91 Å². The summed E-state index contributed by atoms with van der Waals surface area (Å²) in [7, 11) is 0. The average molecular weight is 368 g/mol. The van der Waals surface area contributed by atoms with Crippen LogP contribution in [0.2, 0.25) is 0 Å². The number of hydrogen-bond acceptors (Lipinski definition) is 5. The quantitative estimate of drug-likeness (QED) is 0.328. The number of carbonyl (C=O) groups is 1. The van der Waals surface area contributed by atoms with E-state index in [0.29, 0.717) is 33.5 Å². The number of para-hydroxylation sites is 1. The van der Waals surface area contributed by atoms with Crippen LogP contribution >= 0.6 is 0 Å². The van der Waals surface area contributed by atoms with E-state index in [1.54, 1.807) is 35.0 Å². The molecular formula is C21H16N6O. The van der Waals surface area contributed by atoms with Gasteiger partial charge in [0.05, 0.1) is 39.7 Å². The minimum atomic E-state index is -0.419. The molecule has 136 valence electrons. The Bertz CT molecular complexity index is 1220. The number of nitrogens with zero attached hydrogens (tertiary/aromatic N) is 4. The fraction of sp³-hybridized carbons (Fsp3) is 0.0476. The molecule has 0 unspecified atom stereocenters. The maximum absolute atomic E-state index is 12.5. The van der Waals surface area contributed by atoms with Crippen LogP contribution in [-0.4, -0.2) is 20.7 Å². The minimum Gasteiger partial charge on any atom is -0.290 e. The summed E-state index contributed by atoms with van der Waals surface area (Å²) in [6, 6.07) is 20.4. The number of benzene rings is 2. The van der Waals surface area contributed by atoms with Gasteiger partial charge in [0.25, 0.3) is 5.91 Å². The monoisotopic (exact) mass is 368 g/mol. The number of aromatic nitrogens is 3. The fourth-order valence-electron chi connectivity index (χ4n) is 3.16. The highest BCUT2D eigenvalue weighted by atomic mass is 16.2. The Balaban J connectivity index is 2.02. The van der Waals surface area contributed by atoms with Gasteiger partial charge < -0.3 is 0 Å². The molecule has 3 N–H and O–H groups in total. The van der Waals surface area contributed by atoms with Crippen molar-refractivity contribution in [2.24, 2.45) is 5.84 Å². The number of hydrogen-bond donors (Lipinski definition) is 2. The molecule has 0 atom stereocenters. The van der Waals surface area contributed by atoms with Crippen LogP contribution in [-0.2, 0) is 0 Å². The third-order valence-electron chi connectivity index (χ3n) is 4.50. The van der Waals surface area contributed by atoms with Gasteiger partial charge in [-0.1, -0.05) is 30.3 Å². The fourth-order valence-corrected chi connectivity index (χ4v) is 3.16. The first-order valence-electron chi connectivity index (χ1n) is 8.59. The Morgan fingerprint density at radius 2 is 1.86 bits per heavy atom. The number of rotatable bonds is 3. The molecule has 2 heterocycles. The van der Waals surface area contributed by atoms with E-state index >= 15 is 0 Å². The second kappa shape index (κ2) is 6.95. The number of pyridine rings is 1. The Labute approximate surface area is 161 Å². The molecular weight excluding hydrogens is 352 g/mol. The molecule has 7 nitrogen and oxygen atoms in total. The molecule has 1 amide bonds. The van der Waals surface area contributed by atoms with Gasteiger partial charge in [-0.2, -0.15) is 10.4 Å². The number of nitrogens with one attached hydrogen (secondary N) is 1. The number of amides is 1. The molecule has 0 spiro atoms. The topological polar surface area (TPSA) is 110 Å². The molecule has 4 aromatic rings. The number of fused-ring (bicyclic) bond motifs is 1. The first-order valence-corrected chi connectivity index (χ1v) is 8.59. The van der Waals surface area contributed by atoms with Gasteiger partial charge in [0.1, 0.15) is 0 Å². The molecule has 0 saturated heterocycles. The summed E-state index contributed by atoms with van der Waals surface area (Å²) < 4.78 is 1.71. The van der Waals surface area contributed by atoms with Gasteiger partial charge in [-0.3, -0.25) is 10.2 Å². The average Bonchev–Trinajstić information content (AvgIpc) is 3.09. The van der Waals surface area contributed by atoms with Gasteiger partial charge in [0.2, 0.25) is 0 Å². The number of nitrogens with two attached hydrogens (primary N) is 1. The summed E-state index contributed by atoms with van der Waals surface area (Å²) in [5.74, 6) is 4.99. The number of nitrogen functional groups attached to an aromatic ring is 1. The summed E-state index contributed by atoms with van der Waals surface area (Å²) in [5, 5.41) is 14.2. The predicted molar refractivity (Wildman–Crippen MR) is 105 cm³/mol. The summed E-state index contributed by atoms with van der Waals surface area (Å²) in [4.78, 5) is 17.2. The Morgan fingerprint density at radius 1 is 1.14 bits per heavy atom. The van der Waals surface area contributed by atoms with Gasteiger partial charge in [0.15, 0.2) is 5.65 Å². The van der Waals surface area contributed by atoms with Crippen LogP contribution in [0.3, 0.4) is 0 Å². The van der Waals surface area contributed by atoms with E-state index in [1.807, 2.05) is 37.3 Å². The molecule has 28 heavy (non-hydrogen) atoms. The molecule has 0 radical (unpaired) electrons. The molecule has 7 heteroatoms. The lowest BCUT2D eigenvalue weighted by Gasteiger charge is -2.08. The molecule has 0 aliphatic rings. The third kappa shape index (κ3) is 2.88. The summed E-state index contributed by atoms with van der Waals surface area (Å²) >= 11 is 0. The van der Waals surface area contributed by atoms with E-state index in [4.69, 9.17) is 16.1 Å². The van der Waals surface area contributed by atoms with Gasteiger partial charge in [-0.25, -0.2) is 15.5 Å². The van der Waals surface area contributed by atoms with Crippen molar-refractivity contribution in [3.05, 3.63) is 77.5 Å². The normalized spacial score (nSPS) is 10.6. The van der Waals surface area contributed by atoms with Crippen molar-refractivity contribution >= 4 is 16.9 Å². The van der Waals surface area contributed by atoms with E-state index in [9.17, 15) is 4.79 Å². The molecule has 2 aromatic heterocycles. The van der Waals surface area contributed by atoms with Crippen molar-refractivity contribution in [1.29, 1.82) is 5.26 Å². The lowest BCUT2D eigenvalue weighted by atomic mass is 10.0. The molecule has 0 aliphatic heterocycles. The highest BCUT2D eigenvalue weighted by Gasteiger charge is 2.20. The van der Waals surface area contributed by atoms with Crippen molar-refractivity contribution in [2.45, 2.75) is 6.92 Å². The van der Waals surface area contributed by atoms with Crippen LogP contribution in [0.25, 0.3) is 28.0 Å². The van der Waals surface area contributed by atoms with Gasteiger partial charge in [0, 0.05) is 5.56 Å². The SMILES string of the molecule is Cc1nn(-c2ccccc2)c2nc(-c3ccc(C#N)cc3)cc(C(=O)NN)c12. The maximum Gasteiger partial charge on any atom is 0.266 e. The first kappa shape index (κ1) is 17.4. The number of hydrazine groups is 1. The summed E-state index contributed by atoms with van der Waals surface area (Å²) in [5.41, 5.74) is 6.59. The minimum absolute atomic E-state index is 0.395. The lowest BCUT2D eigenvalue weighted by Crippen LogP contribution is -2.30. The smallest absolute Gasteiger partial charge is 0.266 e. The van der Waals surface area contributed by atoms with Crippen LogP contribution in [0.4, 0.5) is 0 Å². The zero-order valence-electron chi connectivity index (χ0n) is 15.0. The number of aryl methyl sites for hydroxylation is 1. The van der Waals surface area contributed by atoms with Crippen molar-refractivity contribution in [3.63, 3.8) is 0 Å². The lowest BCUT2D eigenvalue weighted by molar-refractivity contribution is 0.0955. The standard InChI is InChI=1S/C21H16N6O/c1-13-19-17(21(28)25-23)11-18(15-9-7-14(12-22)8-10-15)24-20(19)27(26-13)16-5-3-2-4-6-16/h2-11H,23H2,1H3,(H,25,28). The van der Waals surface area contributed by atoms with Crippen molar-refractivity contribution < 1.29 is 4.79 Å². The Kier molecular flexibility index (Phi) is 4.32. The number of carbonyl (C=O) groups excluding carboxylic acids is 1. The van der Waals surface area contributed by atoms with Gasteiger partial charge in [-0.15, -0.1) is 0 Å². The van der Waals surface area contributed by atoms with Crippen LogP contribution in [0.5, 0.6) is 0 Å². The molecule has 0 aliphatic carbocycles. The van der Waals surface area contributed by atoms with Crippen LogP contribution in [0.1, 0.15) is 21.6 Å². The Hall–Kier alpha value is -4.02. The number of nitriles is 1. The molecule has 0 fully saturated rings. The largest absolute Gasteiger partial charge is 0.290 e. The first-order chi connectivity index (χ1) is 13.6. The van der Waals surface area contributed by atoms with E-state index in [0.717, 1.165) is 11.3 Å². The second-order valence-electron chi connectivity index (χ2n) is 6.25. The zero-order chi connectivity index (χ0) is 19.7. The molecule has 0 bridgehead atoms. The van der Waals surface area contributed by atoms with Gasteiger partial charge >= 0.3 is 0 Å².